The van der Waals surface area contributed by atoms with E-state index in [0.717, 1.165) is 11.4 Å². The number of carbonyl (C=O) groups is 1. The second-order valence-electron chi connectivity index (χ2n) is 4.62. The van der Waals surface area contributed by atoms with E-state index in [1.165, 1.54) is 6.92 Å². The molecular formula is C15H17ClN4O2. The number of nitrogens with zero attached hydrogens (tertiary/aromatic N) is 2. The Morgan fingerprint density at radius 1 is 1.32 bits per heavy atom. The van der Waals surface area contributed by atoms with Crippen LogP contribution in [0.25, 0.3) is 0 Å². The fourth-order valence-electron chi connectivity index (χ4n) is 1.78. The van der Waals surface area contributed by atoms with Crippen molar-refractivity contribution in [2.75, 3.05) is 23.8 Å². The average Bonchev–Trinajstić information content (AvgIpc) is 2.43. The normalized spacial score (nSPS) is 10.1. The minimum Gasteiger partial charge on any atom is -0.464 e. The van der Waals surface area contributed by atoms with Crippen LogP contribution in [0.4, 0.5) is 17.5 Å². The van der Waals surface area contributed by atoms with Crippen molar-refractivity contribution in [2.24, 2.45) is 0 Å². The van der Waals surface area contributed by atoms with E-state index in [0.29, 0.717) is 23.3 Å². The number of anilines is 3. The molecule has 6 nitrogen and oxygen atoms in total. The molecule has 22 heavy (non-hydrogen) atoms. The molecule has 0 atom stereocenters. The van der Waals surface area contributed by atoms with Gasteiger partial charge >= 0.3 is 5.97 Å². The summed E-state index contributed by atoms with van der Waals surface area (Å²) in [6, 6.07) is 9.21. The van der Waals surface area contributed by atoms with E-state index >= 15 is 0 Å². The Hall–Kier alpha value is -2.34. The third-order valence-electron chi connectivity index (χ3n) is 2.64. The largest absolute Gasteiger partial charge is 0.464 e. The van der Waals surface area contributed by atoms with Gasteiger partial charge in [0.15, 0.2) is 0 Å². The maximum Gasteiger partial charge on any atom is 0.302 e. The van der Waals surface area contributed by atoms with Crippen molar-refractivity contribution in [1.29, 1.82) is 0 Å². The van der Waals surface area contributed by atoms with Gasteiger partial charge in [-0.05, 0) is 25.1 Å². The lowest BCUT2D eigenvalue weighted by molar-refractivity contribution is -0.140. The molecule has 0 radical (unpaired) electrons. The van der Waals surface area contributed by atoms with Crippen molar-refractivity contribution >= 4 is 35.0 Å². The summed E-state index contributed by atoms with van der Waals surface area (Å²) >= 11 is 5.96. The molecule has 2 N–H and O–H groups in total. The maximum atomic E-state index is 10.7. The number of rotatable bonds is 6. The minimum atomic E-state index is -0.310. The number of carbonyl (C=O) groups excluding carboxylic acids is 1. The zero-order valence-corrected chi connectivity index (χ0v) is 13.1. The first-order valence-electron chi connectivity index (χ1n) is 6.78. The van der Waals surface area contributed by atoms with Gasteiger partial charge in [-0.3, -0.25) is 4.79 Å². The summed E-state index contributed by atoms with van der Waals surface area (Å²) in [4.78, 5) is 19.3. The van der Waals surface area contributed by atoms with Gasteiger partial charge in [-0.15, -0.1) is 0 Å². The summed E-state index contributed by atoms with van der Waals surface area (Å²) in [6.07, 6.45) is 0. The fourth-order valence-corrected chi connectivity index (χ4v) is 1.97. The summed E-state index contributed by atoms with van der Waals surface area (Å²) in [7, 11) is 0. The van der Waals surface area contributed by atoms with Crippen LogP contribution < -0.4 is 10.6 Å². The van der Waals surface area contributed by atoms with Crippen LogP contribution in [-0.2, 0) is 9.53 Å². The lowest BCUT2D eigenvalue weighted by Crippen LogP contribution is -2.14. The van der Waals surface area contributed by atoms with E-state index in [9.17, 15) is 4.79 Å². The van der Waals surface area contributed by atoms with Gasteiger partial charge in [0.1, 0.15) is 12.4 Å². The Labute approximate surface area is 133 Å². The van der Waals surface area contributed by atoms with Crippen LogP contribution in [0.1, 0.15) is 12.6 Å². The van der Waals surface area contributed by atoms with Gasteiger partial charge in [0.05, 0.1) is 6.54 Å². The number of benzene rings is 1. The number of aryl methyl sites for hydroxylation is 1. The molecule has 0 aliphatic heterocycles. The standard InChI is InChI=1S/C15H17ClN4O2/c1-10-8-14(19-13-5-3-4-12(16)9-13)20-15(18-10)17-6-7-22-11(2)21/h3-5,8-9H,6-7H2,1-2H3,(H2,17,18,19,20). The van der Waals surface area contributed by atoms with E-state index in [1.807, 2.05) is 31.2 Å². The SMILES string of the molecule is CC(=O)OCCNc1nc(C)cc(Nc2cccc(Cl)c2)n1. The quantitative estimate of drug-likeness (QED) is 0.629. The Bertz CT molecular complexity index is 664. The van der Waals surface area contributed by atoms with E-state index in [1.54, 1.807) is 6.07 Å². The highest BCUT2D eigenvalue weighted by molar-refractivity contribution is 6.30. The molecule has 0 bridgehead atoms. The fraction of sp³-hybridized carbons (Fsp3) is 0.267. The number of hydrogen-bond acceptors (Lipinski definition) is 6. The van der Waals surface area contributed by atoms with Crippen molar-refractivity contribution in [2.45, 2.75) is 13.8 Å². The van der Waals surface area contributed by atoms with Crippen LogP contribution in [0.15, 0.2) is 30.3 Å². The molecule has 1 aromatic heterocycles. The zero-order valence-electron chi connectivity index (χ0n) is 12.4. The molecule has 0 fully saturated rings. The topological polar surface area (TPSA) is 76.1 Å². The van der Waals surface area contributed by atoms with Gasteiger partial charge in [0.2, 0.25) is 5.95 Å². The molecule has 2 rings (SSSR count). The monoisotopic (exact) mass is 320 g/mol. The summed E-state index contributed by atoms with van der Waals surface area (Å²) in [6.45, 7) is 3.96. The highest BCUT2D eigenvalue weighted by Gasteiger charge is 2.03. The number of ether oxygens (including phenoxy) is 1. The molecule has 0 saturated carbocycles. The molecule has 1 aromatic carbocycles. The number of esters is 1. The molecule has 0 amide bonds. The van der Waals surface area contributed by atoms with Gasteiger partial charge in [-0.2, -0.15) is 4.98 Å². The summed E-state index contributed by atoms with van der Waals surface area (Å²) in [5.41, 5.74) is 1.66. The summed E-state index contributed by atoms with van der Waals surface area (Å²) in [5.74, 6) is 0.816. The van der Waals surface area contributed by atoms with Gasteiger partial charge in [-0.25, -0.2) is 4.98 Å². The van der Waals surface area contributed by atoms with Crippen molar-refractivity contribution in [3.05, 3.63) is 41.0 Å². The molecule has 0 saturated heterocycles. The molecule has 1 heterocycles. The molecule has 0 spiro atoms. The molecule has 7 heteroatoms. The second kappa shape index (κ2) is 7.61. The molecule has 116 valence electrons. The van der Waals surface area contributed by atoms with Gasteiger partial charge < -0.3 is 15.4 Å². The van der Waals surface area contributed by atoms with Gasteiger partial charge in [-0.1, -0.05) is 17.7 Å². The van der Waals surface area contributed by atoms with Crippen molar-refractivity contribution in [3.63, 3.8) is 0 Å². The van der Waals surface area contributed by atoms with E-state index in [-0.39, 0.29) is 12.6 Å². The number of aromatic nitrogens is 2. The number of halogens is 1. The van der Waals surface area contributed by atoms with E-state index in [4.69, 9.17) is 16.3 Å². The lowest BCUT2D eigenvalue weighted by atomic mass is 10.3. The molecule has 0 unspecified atom stereocenters. The molecule has 2 aromatic rings. The highest BCUT2D eigenvalue weighted by Crippen LogP contribution is 2.20. The first-order valence-corrected chi connectivity index (χ1v) is 7.16. The van der Waals surface area contributed by atoms with Crippen LogP contribution in [0.3, 0.4) is 0 Å². The highest BCUT2D eigenvalue weighted by atomic mass is 35.5. The average molecular weight is 321 g/mol. The molecule has 0 aliphatic rings. The second-order valence-corrected chi connectivity index (χ2v) is 5.06. The number of hydrogen-bond donors (Lipinski definition) is 2. The van der Waals surface area contributed by atoms with E-state index in [2.05, 4.69) is 20.6 Å². The zero-order chi connectivity index (χ0) is 15.9. The first kappa shape index (κ1) is 16.0. The third kappa shape index (κ3) is 5.21. The molecule has 0 aliphatic carbocycles. The minimum absolute atomic E-state index is 0.268. The van der Waals surface area contributed by atoms with Gasteiger partial charge in [0.25, 0.3) is 0 Å². The van der Waals surface area contributed by atoms with Crippen molar-refractivity contribution in [1.82, 2.24) is 9.97 Å². The third-order valence-corrected chi connectivity index (χ3v) is 2.88. The van der Waals surface area contributed by atoms with Crippen molar-refractivity contribution < 1.29 is 9.53 Å². The van der Waals surface area contributed by atoms with Crippen molar-refractivity contribution in [3.8, 4) is 0 Å². The number of nitrogens with one attached hydrogen (secondary N) is 2. The Morgan fingerprint density at radius 2 is 2.14 bits per heavy atom. The van der Waals surface area contributed by atoms with E-state index < -0.39 is 0 Å². The van der Waals surface area contributed by atoms with Crippen LogP contribution >= 0.6 is 11.6 Å². The van der Waals surface area contributed by atoms with Crippen LogP contribution in [0.2, 0.25) is 5.02 Å². The Morgan fingerprint density at radius 3 is 2.86 bits per heavy atom. The van der Waals surface area contributed by atoms with Crippen LogP contribution in [-0.4, -0.2) is 29.1 Å². The smallest absolute Gasteiger partial charge is 0.302 e. The molecular weight excluding hydrogens is 304 g/mol. The predicted octanol–water partition coefficient (Wildman–Crippen LogP) is 3.16. The van der Waals surface area contributed by atoms with Crippen LogP contribution in [0.5, 0.6) is 0 Å². The Kier molecular flexibility index (Phi) is 5.55. The maximum absolute atomic E-state index is 10.7. The first-order chi connectivity index (χ1) is 10.5. The lowest BCUT2D eigenvalue weighted by Gasteiger charge is -2.10. The Balaban J connectivity index is 2.01. The predicted molar refractivity (Wildman–Crippen MR) is 86.6 cm³/mol. The summed E-state index contributed by atoms with van der Waals surface area (Å²) in [5, 5.41) is 6.84. The van der Waals surface area contributed by atoms with Crippen LogP contribution in [0, 0.1) is 6.92 Å². The summed E-state index contributed by atoms with van der Waals surface area (Å²) < 4.78 is 4.85. The van der Waals surface area contributed by atoms with Gasteiger partial charge in [0, 0.05) is 29.4 Å².